The maximum atomic E-state index is 12.6. The average Bonchev–Trinajstić information content (AvgIpc) is 2.90. The first kappa shape index (κ1) is 18.2. The lowest BCUT2D eigenvalue weighted by Gasteiger charge is -2.15. The monoisotopic (exact) mass is 384 g/mol. The van der Waals surface area contributed by atoms with Crippen molar-refractivity contribution in [3.63, 3.8) is 0 Å². The molecule has 0 aliphatic carbocycles. The fraction of sp³-hybridized carbons (Fsp3) is 0.105. The van der Waals surface area contributed by atoms with Gasteiger partial charge in [0.05, 0.1) is 11.5 Å². The molecule has 1 heterocycles. The number of thiocarbonyl (C=S) groups is 1. The Morgan fingerprint density at radius 1 is 1.23 bits per heavy atom. The SMILES string of the molecule is CCOc1cccc(/C=C2/SC(=S)N(NC(=O)c3ccccc3)C2=O)c1. The van der Waals surface area contributed by atoms with Crippen molar-refractivity contribution >= 4 is 46.2 Å². The number of nitrogens with one attached hydrogen (secondary N) is 1. The Hall–Kier alpha value is -2.64. The predicted molar refractivity (Wildman–Crippen MR) is 107 cm³/mol. The van der Waals surface area contributed by atoms with E-state index in [9.17, 15) is 9.59 Å². The number of hydrogen-bond acceptors (Lipinski definition) is 5. The third-order valence-electron chi connectivity index (χ3n) is 3.51. The van der Waals surface area contributed by atoms with Crippen LogP contribution in [-0.2, 0) is 4.79 Å². The zero-order valence-corrected chi connectivity index (χ0v) is 15.6. The second kappa shape index (κ2) is 8.16. The van der Waals surface area contributed by atoms with Crippen molar-refractivity contribution in [2.45, 2.75) is 6.92 Å². The van der Waals surface area contributed by atoms with Crippen molar-refractivity contribution in [2.24, 2.45) is 0 Å². The number of hydrazine groups is 1. The van der Waals surface area contributed by atoms with Crippen molar-refractivity contribution in [2.75, 3.05) is 6.61 Å². The van der Waals surface area contributed by atoms with E-state index in [1.807, 2.05) is 37.3 Å². The summed E-state index contributed by atoms with van der Waals surface area (Å²) >= 11 is 6.38. The number of benzene rings is 2. The van der Waals surface area contributed by atoms with Crippen LogP contribution in [0.1, 0.15) is 22.8 Å². The van der Waals surface area contributed by atoms with Gasteiger partial charge in [-0.2, -0.15) is 5.01 Å². The summed E-state index contributed by atoms with van der Waals surface area (Å²) < 4.78 is 5.75. The fourth-order valence-corrected chi connectivity index (χ4v) is 3.51. The Morgan fingerprint density at radius 3 is 2.73 bits per heavy atom. The van der Waals surface area contributed by atoms with Crippen LogP contribution in [0.3, 0.4) is 0 Å². The van der Waals surface area contributed by atoms with Crippen LogP contribution in [0.15, 0.2) is 59.5 Å². The fourth-order valence-electron chi connectivity index (χ4n) is 2.33. The highest BCUT2D eigenvalue weighted by atomic mass is 32.2. The van der Waals surface area contributed by atoms with Crippen molar-refractivity contribution in [3.05, 3.63) is 70.6 Å². The third-order valence-corrected chi connectivity index (χ3v) is 4.81. The van der Waals surface area contributed by atoms with Gasteiger partial charge in [-0.05, 0) is 55.0 Å². The van der Waals surface area contributed by atoms with Crippen molar-refractivity contribution in [3.8, 4) is 5.75 Å². The van der Waals surface area contributed by atoms with Gasteiger partial charge in [-0.3, -0.25) is 15.0 Å². The summed E-state index contributed by atoms with van der Waals surface area (Å²) in [7, 11) is 0. The molecule has 1 fully saturated rings. The van der Waals surface area contributed by atoms with E-state index in [1.165, 1.54) is 0 Å². The van der Waals surface area contributed by atoms with Crippen LogP contribution in [-0.4, -0.2) is 27.8 Å². The Bertz CT molecular complexity index is 881. The van der Waals surface area contributed by atoms with E-state index >= 15 is 0 Å². The maximum absolute atomic E-state index is 12.6. The largest absolute Gasteiger partial charge is 0.494 e. The molecule has 7 heteroatoms. The van der Waals surface area contributed by atoms with Crippen molar-refractivity contribution in [1.29, 1.82) is 0 Å². The van der Waals surface area contributed by atoms with Gasteiger partial charge in [0.2, 0.25) is 0 Å². The molecule has 0 saturated carbocycles. The van der Waals surface area contributed by atoms with Gasteiger partial charge in [0.1, 0.15) is 5.75 Å². The minimum atomic E-state index is -0.388. The number of thioether (sulfide) groups is 1. The van der Waals surface area contributed by atoms with Crippen LogP contribution in [0.25, 0.3) is 6.08 Å². The molecule has 0 aromatic heterocycles. The van der Waals surface area contributed by atoms with Crippen LogP contribution >= 0.6 is 24.0 Å². The first-order valence-electron chi connectivity index (χ1n) is 7.95. The standard InChI is InChI=1S/C19H16N2O3S2/c1-2-24-15-10-6-7-13(11-15)12-16-18(23)21(19(25)26-16)20-17(22)14-8-4-3-5-9-14/h3-12H,2H2,1H3,(H,20,22)/b16-12+. The van der Waals surface area contributed by atoms with E-state index in [-0.39, 0.29) is 16.1 Å². The second-order valence-electron chi connectivity index (χ2n) is 5.33. The molecule has 3 rings (SSSR count). The van der Waals surface area contributed by atoms with Crippen LogP contribution in [0, 0.1) is 0 Å². The quantitative estimate of drug-likeness (QED) is 0.630. The molecular formula is C19H16N2O3S2. The third kappa shape index (κ3) is 4.12. The number of nitrogens with zero attached hydrogens (tertiary/aromatic N) is 1. The molecule has 5 nitrogen and oxygen atoms in total. The smallest absolute Gasteiger partial charge is 0.285 e. The van der Waals surface area contributed by atoms with E-state index in [1.54, 1.807) is 30.3 Å². The molecule has 2 aromatic rings. The highest BCUT2D eigenvalue weighted by molar-refractivity contribution is 8.26. The zero-order valence-electron chi connectivity index (χ0n) is 14.0. The average molecular weight is 384 g/mol. The van der Waals surface area contributed by atoms with Gasteiger partial charge in [0.25, 0.3) is 11.8 Å². The summed E-state index contributed by atoms with van der Waals surface area (Å²) in [5.41, 5.74) is 3.84. The van der Waals surface area contributed by atoms with Gasteiger partial charge in [0, 0.05) is 5.56 Å². The summed E-state index contributed by atoms with van der Waals surface area (Å²) in [5, 5.41) is 1.10. The molecule has 2 aromatic carbocycles. The lowest BCUT2D eigenvalue weighted by Crippen LogP contribution is -2.44. The molecule has 1 aliphatic rings. The lowest BCUT2D eigenvalue weighted by atomic mass is 10.2. The van der Waals surface area contributed by atoms with Gasteiger partial charge in [-0.25, -0.2) is 0 Å². The lowest BCUT2D eigenvalue weighted by molar-refractivity contribution is -0.123. The van der Waals surface area contributed by atoms with E-state index < -0.39 is 0 Å². The van der Waals surface area contributed by atoms with E-state index in [4.69, 9.17) is 17.0 Å². The number of carbonyl (C=O) groups excluding carboxylic acids is 2. The van der Waals surface area contributed by atoms with Gasteiger partial charge >= 0.3 is 0 Å². The molecule has 0 unspecified atom stereocenters. The number of hydrogen-bond donors (Lipinski definition) is 1. The summed E-state index contributed by atoms with van der Waals surface area (Å²) in [6, 6.07) is 16.1. The Balaban J connectivity index is 1.76. The van der Waals surface area contributed by atoms with Crippen LogP contribution < -0.4 is 10.2 Å². The number of ether oxygens (including phenoxy) is 1. The summed E-state index contributed by atoms with van der Waals surface area (Å²) in [5.74, 6) is -0.0123. The summed E-state index contributed by atoms with van der Waals surface area (Å²) in [4.78, 5) is 25.3. The number of carbonyl (C=O) groups is 2. The molecule has 1 saturated heterocycles. The maximum Gasteiger partial charge on any atom is 0.285 e. The van der Waals surface area contributed by atoms with Crippen molar-refractivity contribution < 1.29 is 14.3 Å². The molecular weight excluding hydrogens is 368 g/mol. The second-order valence-corrected chi connectivity index (χ2v) is 7.01. The van der Waals surface area contributed by atoms with Gasteiger partial charge in [-0.15, -0.1) is 0 Å². The van der Waals surface area contributed by atoms with E-state index in [0.717, 1.165) is 28.1 Å². The molecule has 1 aliphatic heterocycles. The van der Waals surface area contributed by atoms with Gasteiger partial charge in [0.15, 0.2) is 4.32 Å². The molecule has 0 radical (unpaired) electrons. The highest BCUT2D eigenvalue weighted by Gasteiger charge is 2.33. The molecule has 0 spiro atoms. The van der Waals surface area contributed by atoms with E-state index in [2.05, 4.69) is 5.43 Å². The van der Waals surface area contributed by atoms with Crippen molar-refractivity contribution in [1.82, 2.24) is 10.4 Å². The van der Waals surface area contributed by atoms with Gasteiger partial charge < -0.3 is 4.74 Å². The predicted octanol–water partition coefficient (Wildman–Crippen LogP) is 3.63. The molecule has 1 N–H and O–H groups in total. The Morgan fingerprint density at radius 2 is 2.00 bits per heavy atom. The highest BCUT2D eigenvalue weighted by Crippen LogP contribution is 2.32. The normalized spacial score (nSPS) is 15.4. The first-order chi connectivity index (χ1) is 12.6. The molecule has 0 atom stereocenters. The number of amides is 2. The summed E-state index contributed by atoms with van der Waals surface area (Å²) in [6.07, 6.45) is 1.73. The zero-order chi connectivity index (χ0) is 18.5. The Labute approximate surface area is 161 Å². The van der Waals surface area contributed by atoms with Gasteiger partial charge in [-0.1, -0.05) is 42.1 Å². The number of rotatable bonds is 5. The topological polar surface area (TPSA) is 58.6 Å². The van der Waals surface area contributed by atoms with Crippen LogP contribution in [0.4, 0.5) is 0 Å². The Kier molecular flexibility index (Phi) is 5.70. The minimum absolute atomic E-state index is 0.284. The van der Waals surface area contributed by atoms with E-state index in [0.29, 0.717) is 17.1 Å². The molecule has 26 heavy (non-hydrogen) atoms. The first-order valence-corrected chi connectivity index (χ1v) is 9.18. The minimum Gasteiger partial charge on any atom is -0.494 e. The molecule has 132 valence electrons. The molecule has 0 bridgehead atoms. The van der Waals surface area contributed by atoms with Crippen LogP contribution in [0.2, 0.25) is 0 Å². The van der Waals surface area contributed by atoms with Crippen LogP contribution in [0.5, 0.6) is 5.75 Å². The summed E-state index contributed by atoms with van der Waals surface area (Å²) in [6.45, 7) is 2.48. The molecule has 2 amide bonds.